The first-order chi connectivity index (χ1) is 7.28. The molecule has 0 aromatic rings. The quantitative estimate of drug-likeness (QED) is 0.317. The van der Waals surface area contributed by atoms with Crippen LogP contribution in [0.2, 0.25) is 0 Å². The lowest BCUT2D eigenvalue weighted by atomic mass is 10.0. The maximum absolute atomic E-state index is 10.5. The Balaban J connectivity index is 4.26. The Morgan fingerprint density at radius 2 is 1.62 bits per heavy atom. The molecule has 16 heavy (non-hydrogen) atoms. The molecule has 8 heteroatoms. The van der Waals surface area contributed by atoms with Crippen LogP contribution in [0.25, 0.3) is 0 Å². The number of rotatable bonds is 8. The molecule has 0 radical (unpaired) electrons. The van der Waals surface area contributed by atoms with Crippen molar-refractivity contribution >= 4 is 10.1 Å². The molecule has 1 unspecified atom stereocenters. The second-order valence-electron chi connectivity index (χ2n) is 3.87. The van der Waals surface area contributed by atoms with Gasteiger partial charge in [-0.2, -0.15) is 8.42 Å². The smallest absolute Gasteiger partial charge is 0.264 e. The van der Waals surface area contributed by atoms with Gasteiger partial charge in [0.15, 0.2) is 0 Å². The summed E-state index contributed by atoms with van der Waals surface area (Å²) in [6.45, 7) is 0.198. The van der Waals surface area contributed by atoms with Crippen LogP contribution < -0.4 is 5.32 Å². The van der Waals surface area contributed by atoms with Gasteiger partial charge in [-0.15, -0.1) is 0 Å². The van der Waals surface area contributed by atoms with Crippen LogP contribution in [-0.2, 0) is 10.1 Å². The van der Waals surface area contributed by atoms with Crippen LogP contribution in [0.15, 0.2) is 0 Å². The van der Waals surface area contributed by atoms with Gasteiger partial charge in [0.1, 0.15) is 0 Å². The van der Waals surface area contributed by atoms with E-state index in [0.717, 1.165) is 0 Å². The molecular formula is C8H19NO6S. The molecule has 0 rings (SSSR count). The topological polar surface area (TPSA) is 127 Å². The molecule has 0 bridgehead atoms. The van der Waals surface area contributed by atoms with Crippen molar-refractivity contribution in [2.24, 2.45) is 0 Å². The van der Waals surface area contributed by atoms with Crippen LogP contribution in [0.4, 0.5) is 0 Å². The van der Waals surface area contributed by atoms with Crippen molar-refractivity contribution in [1.82, 2.24) is 5.32 Å². The Morgan fingerprint density at radius 1 is 1.19 bits per heavy atom. The summed E-state index contributed by atoms with van der Waals surface area (Å²) in [5, 5.41) is 29.7. The molecular weight excluding hydrogens is 238 g/mol. The van der Waals surface area contributed by atoms with E-state index < -0.39 is 41.2 Å². The van der Waals surface area contributed by atoms with Crippen molar-refractivity contribution in [3.8, 4) is 0 Å². The van der Waals surface area contributed by atoms with Crippen molar-refractivity contribution in [3.63, 3.8) is 0 Å². The minimum Gasteiger partial charge on any atom is -0.394 e. The highest BCUT2D eigenvalue weighted by Crippen LogP contribution is 2.06. The SMILES string of the molecule is CC(CCS(=O)(=O)O)NC(CO)(CO)CO. The first-order valence-corrected chi connectivity index (χ1v) is 6.45. The minimum atomic E-state index is -4.02. The third-order valence-electron chi connectivity index (χ3n) is 2.27. The predicted octanol–water partition coefficient (Wildman–Crippen LogP) is -2.04. The molecule has 0 saturated carbocycles. The monoisotopic (exact) mass is 257 g/mol. The lowest BCUT2D eigenvalue weighted by Gasteiger charge is -2.32. The Morgan fingerprint density at radius 3 is 1.94 bits per heavy atom. The van der Waals surface area contributed by atoms with Gasteiger partial charge in [-0.3, -0.25) is 4.55 Å². The first kappa shape index (κ1) is 15.8. The van der Waals surface area contributed by atoms with E-state index in [2.05, 4.69) is 5.32 Å². The van der Waals surface area contributed by atoms with Crippen LogP contribution in [-0.4, -0.2) is 65.4 Å². The standard InChI is InChI=1S/C8H19NO6S/c1-7(2-3-16(13,14)15)9-8(4-10,5-11)6-12/h7,9-12H,2-6H2,1H3,(H,13,14,15). The fraction of sp³-hybridized carbons (Fsp3) is 1.00. The summed E-state index contributed by atoms with van der Waals surface area (Å²) in [5.41, 5.74) is -1.24. The Labute approximate surface area is 94.9 Å². The number of aliphatic hydroxyl groups excluding tert-OH is 3. The summed E-state index contributed by atoms with van der Waals surface area (Å²) >= 11 is 0. The van der Waals surface area contributed by atoms with Gasteiger partial charge >= 0.3 is 0 Å². The van der Waals surface area contributed by atoms with Crippen LogP contribution in [0.1, 0.15) is 13.3 Å². The molecule has 7 nitrogen and oxygen atoms in total. The predicted molar refractivity (Wildman–Crippen MR) is 57.6 cm³/mol. The van der Waals surface area contributed by atoms with E-state index in [4.69, 9.17) is 19.9 Å². The van der Waals surface area contributed by atoms with Crippen molar-refractivity contribution < 1.29 is 28.3 Å². The van der Waals surface area contributed by atoms with E-state index in [9.17, 15) is 8.42 Å². The Kier molecular flexibility index (Phi) is 6.38. The highest BCUT2D eigenvalue weighted by atomic mass is 32.2. The lowest BCUT2D eigenvalue weighted by molar-refractivity contribution is 0.0354. The van der Waals surface area contributed by atoms with Crippen molar-refractivity contribution in [1.29, 1.82) is 0 Å². The van der Waals surface area contributed by atoms with Crippen LogP contribution >= 0.6 is 0 Å². The third kappa shape index (κ3) is 5.73. The van der Waals surface area contributed by atoms with E-state index in [0.29, 0.717) is 0 Å². The van der Waals surface area contributed by atoms with E-state index in [-0.39, 0.29) is 12.5 Å². The minimum absolute atomic E-state index is 0.112. The van der Waals surface area contributed by atoms with Crippen molar-refractivity contribution in [2.75, 3.05) is 25.6 Å². The molecule has 0 amide bonds. The molecule has 0 aliphatic rings. The molecule has 98 valence electrons. The van der Waals surface area contributed by atoms with Crippen LogP contribution in [0.5, 0.6) is 0 Å². The van der Waals surface area contributed by atoms with E-state index >= 15 is 0 Å². The average Bonchev–Trinajstić information content (AvgIpc) is 2.22. The largest absolute Gasteiger partial charge is 0.394 e. The second-order valence-corrected chi connectivity index (χ2v) is 5.45. The molecule has 1 atom stereocenters. The molecule has 0 aromatic heterocycles. The fourth-order valence-electron chi connectivity index (χ4n) is 1.21. The maximum atomic E-state index is 10.5. The van der Waals surface area contributed by atoms with Crippen molar-refractivity contribution in [2.45, 2.75) is 24.9 Å². The second kappa shape index (κ2) is 6.48. The van der Waals surface area contributed by atoms with E-state index in [1.165, 1.54) is 0 Å². The Hall–Kier alpha value is -0.250. The maximum Gasteiger partial charge on any atom is 0.264 e. The van der Waals surface area contributed by atoms with Gasteiger partial charge in [0.2, 0.25) is 0 Å². The fourth-order valence-corrected chi connectivity index (χ4v) is 1.86. The lowest BCUT2D eigenvalue weighted by Crippen LogP contribution is -2.57. The van der Waals surface area contributed by atoms with Gasteiger partial charge in [0, 0.05) is 6.04 Å². The summed E-state index contributed by atoms with van der Waals surface area (Å²) in [6.07, 6.45) is 0.112. The first-order valence-electron chi connectivity index (χ1n) is 4.84. The van der Waals surface area contributed by atoms with E-state index in [1.807, 2.05) is 0 Å². The Bertz CT molecular complexity index is 279. The summed E-state index contributed by atoms with van der Waals surface area (Å²) in [4.78, 5) is 0. The average molecular weight is 257 g/mol. The highest BCUT2D eigenvalue weighted by molar-refractivity contribution is 7.85. The summed E-state index contributed by atoms with van der Waals surface area (Å²) in [7, 11) is -4.02. The molecule has 5 N–H and O–H groups in total. The van der Waals surface area contributed by atoms with Crippen molar-refractivity contribution in [3.05, 3.63) is 0 Å². The van der Waals surface area contributed by atoms with Gasteiger partial charge in [-0.05, 0) is 13.3 Å². The van der Waals surface area contributed by atoms with Crippen LogP contribution in [0, 0.1) is 0 Å². The molecule has 0 fully saturated rings. The molecule has 0 saturated heterocycles. The van der Waals surface area contributed by atoms with Gasteiger partial charge in [-0.25, -0.2) is 0 Å². The normalized spacial score (nSPS) is 15.1. The number of nitrogens with one attached hydrogen (secondary N) is 1. The number of aliphatic hydroxyl groups is 3. The third-order valence-corrected chi connectivity index (χ3v) is 3.02. The zero-order chi connectivity index (χ0) is 12.8. The summed E-state index contributed by atoms with van der Waals surface area (Å²) in [6, 6.07) is -0.381. The molecule has 0 aromatic carbocycles. The van der Waals surface area contributed by atoms with Gasteiger partial charge in [-0.1, -0.05) is 0 Å². The van der Waals surface area contributed by atoms with Gasteiger partial charge < -0.3 is 20.6 Å². The number of hydrogen-bond acceptors (Lipinski definition) is 6. The molecule has 0 aliphatic carbocycles. The van der Waals surface area contributed by atoms with Gasteiger partial charge in [0.25, 0.3) is 10.1 Å². The van der Waals surface area contributed by atoms with E-state index in [1.54, 1.807) is 6.92 Å². The van der Waals surface area contributed by atoms with Crippen LogP contribution in [0.3, 0.4) is 0 Å². The zero-order valence-electron chi connectivity index (χ0n) is 9.13. The zero-order valence-corrected chi connectivity index (χ0v) is 9.94. The highest BCUT2D eigenvalue weighted by Gasteiger charge is 2.29. The molecule has 0 aliphatic heterocycles. The molecule has 0 spiro atoms. The molecule has 0 heterocycles. The van der Waals surface area contributed by atoms with Gasteiger partial charge in [0.05, 0.1) is 31.1 Å². The summed E-state index contributed by atoms with van der Waals surface area (Å²) < 4.78 is 29.5. The number of hydrogen-bond donors (Lipinski definition) is 5. The summed E-state index contributed by atoms with van der Waals surface area (Å²) in [5.74, 6) is -0.417.